The van der Waals surface area contributed by atoms with E-state index in [1.54, 1.807) is 25.1 Å². The SMILES string of the molecule is CC.CC(=O)C(C)C(C)c1cccc(O)c1. The zero-order valence-electron chi connectivity index (χ0n) is 10.8. The summed E-state index contributed by atoms with van der Waals surface area (Å²) < 4.78 is 0. The van der Waals surface area contributed by atoms with Gasteiger partial charge in [0.1, 0.15) is 11.5 Å². The zero-order valence-corrected chi connectivity index (χ0v) is 10.8. The molecule has 0 bridgehead atoms. The normalized spacial score (nSPS) is 13.3. The fourth-order valence-electron chi connectivity index (χ4n) is 1.45. The lowest BCUT2D eigenvalue weighted by Crippen LogP contribution is -2.14. The van der Waals surface area contributed by atoms with Gasteiger partial charge in [-0.1, -0.05) is 39.8 Å². The van der Waals surface area contributed by atoms with Crippen LogP contribution in [0.3, 0.4) is 0 Å². The van der Waals surface area contributed by atoms with Crippen LogP contribution in [0.1, 0.15) is 46.1 Å². The van der Waals surface area contributed by atoms with Crippen LogP contribution in [0.5, 0.6) is 5.75 Å². The second-order valence-electron chi connectivity index (χ2n) is 3.78. The van der Waals surface area contributed by atoms with Gasteiger partial charge in [-0.3, -0.25) is 4.79 Å². The third-order valence-corrected chi connectivity index (χ3v) is 2.79. The summed E-state index contributed by atoms with van der Waals surface area (Å²) in [6.45, 7) is 9.52. The molecule has 0 aliphatic rings. The average Bonchev–Trinajstić information content (AvgIpc) is 2.29. The lowest BCUT2D eigenvalue weighted by atomic mass is 9.86. The number of carbonyl (C=O) groups is 1. The van der Waals surface area contributed by atoms with Crippen molar-refractivity contribution in [3.63, 3.8) is 0 Å². The van der Waals surface area contributed by atoms with Crippen LogP contribution in [-0.2, 0) is 4.79 Å². The number of hydrogen-bond donors (Lipinski definition) is 1. The number of phenolic OH excluding ortho intramolecular Hbond substituents is 1. The van der Waals surface area contributed by atoms with Gasteiger partial charge in [-0.05, 0) is 30.5 Å². The molecule has 0 spiro atoms. The number of carbonyl (C=O) groups excluding carboxylic acids is 1. The summed E-state index contributed by atoms with van der Waals surface area (Å²) in [4.78, 5) is 11.2. The summed E-state index contributed by atoms with van der Waals surface area (Å²) in [7, 11) is 0. The molecule has 0 saturated carbocycles. The molecule has 0 aliphatic heterocycles. The summed E-state index contributed by atoms with van der Waals surface area (Å²) >= 11 is 0. The van der Waals surface area contributed by atoms with Gasteiger partial charge in [0.05, 0.1) is 0 Å². The smallest absolute Gasteiger partial charge is 0.133 e. The van der Waals surface area contributed by atoms with Crippen LogP contribution in [0.25, 0.3) is 0 Å². The van der Waals surface area contributed by atoms with Crippen LogP contribution in [-0.4, -0.2) is 10.9 Å². The van der Waals surface area contributed by atoms with E-state index in [1.807, 2.05) is 33.8 Å². The van der Waals surface area contributed by atoms with E-state index in [4.69, 9.17) is 0 Å². The highest BCUT2D eigenvalue weighted by Gasteiger charge is 2.18. The van der Waals surface area contributed by atoms with Gasteiger partial charge < -0.3 is 5.11 Å². The topological polar surface area (TPSA) is 37.3 Å². The van der Waals surface area contributed by atoms with E-state index < -0.39 is 0 Å². The number of rotatable bonds is 3. The van der Waals surface area contributed by atoms with Crippen molar-refractivity contribution in [3.8, 4) is 5.75 Å². The highest BCUT2D eigenvalue weighted by atomic mass is 16.3. The molecule has 0 aromatic heterocycles. The molecule has 0 saturated heterocycles. The molecule has 2 unspecified atom stereocenters. The Balaban J connectivity index is 0.00000106. The maximum Gasteiger partial charge on any atom is 0.133 e. The second-order valence-corrected chi connectivity index (χ2v) is 3.78. The van der Waals surface area contributed by atoms with Gasteiger partial charge in [0.25, 0.3) is 0 Å². The van der Waals surface area contributed by atoms with E-state index in [1.165, 1.54) is 0 Å². The number of Topliss-reactive ketones (excluding diaryl/α,β-unsaturated/α-hetero) is 1. The highest BCUT2D eigenvalue weighted by Crippen LogP contribution is 2.26. The van der Waals surface area contributed by atoms with Gasteiger partial charge >= 0.3 is 0 Å². The quantitative estimate of drug-likeness (QED) is 0.845. The number of phenols is 1. The fourth-order valence-corrected chi connectivity index (χ4v) is 1.45. The first-order valence-corrected chi connectivity index (χ1v) is 5.81. The maximum absolute atomic E-state index is 11.2. The molecule has 1 aromatic carbocycles. The predicted molar refractivity (Wildman–Crippen MR) is 67.7 cm³/mol. The van der Waals surface area contributed by atoms with Crippen molar-refractivity contribution in [2.75, 3.05) is 0 Å². The van der Waals surface area contributed by atoms with Gasteiger partial charge in [-0.15, -0.1) is 0 Å². The zero-order chi connectivity index (χ0) is 12.7. The molecule has 0 heterocycles. The maximum atomic E-state index is 11.2. The molecule has 2 heteroatoms. The molecule has 90 valence electrons. The second kappa shape index (κ2) is 7.04. The summed E-state index contributed by atoms with van der Waals surface area (Å²) in [6.07, 6.45) is 0. The first-order chi connectivity index (χ1) is 7.52. The summed E-state index contributed by atoms with van der Waals surface area (Å²) in [5.74, 6) is 0.586. The first-order valence-electron chi connectivity index (χ1n) is 5.81. The third kappa shape index (κ3) is 4.05. The van der Waals surface area contributed by atoms with Gasteiger partial charge in [-0.25, -0.2) is 0 Å². The minimum Gasteiger partial charge on any atom is -0.508 e. The number of hydrogen-bond acceptors (Lipinski definition) is 2. The molecule has 16 heavy (non-hydrogen) atoms. The summed E-state index contributed by atoms with van der Waals surface area (Å²) in [5.41, 5.74) is 1.01. The molecule has 1 rings (SSSR count). The molecule has 2 nitrogen and oxygen atoms in total. The lowest BCUT2D eigenvalue weighted by Gasteiger charge is -2.17. The minimum atomic E-state index is -0.00296. The third-order valence-electron chi connectivity index (χ3n) is 2.79. The Morgan fingerprint density at radius 3 is 2.25 bits per heavy atom. The molecular formula is C14H22O2. The standard InChI is InChI=1S/C12H16O2.C2H6/c1-8(10(3)13)9(2)11-5-4-6-12(14)7-11;1-2/h4-9,14H,1-3H3;1-2H3. The van der Waals surface area contributed by atoms with Crippen LogP contribution in [0.15, 0.2) is 24.3 Å². The van der Waals surface area contributed by atoms with Crippen LogP contribution in [0, 0.1) is 5.92 Å². The Bertz CT molecular complexity index is 331. The largest absolute Gasteiger partial charge is 0.508 e. The van der Waals surface area contributed by atoms with Crippen LogP contribution >= 0.6 is 0 Å². The van der Waals surface area contributed by atoms with Crippen LogP contribution in [0.2, 0.25) is 0 Å². The van der Waals surface area contributed by atoms with Crippen LogP contribution < -0.4 is 0 Å². The Morgan fingerprint density at radius 2 is 1.81 bits per heavy atom. The van der Waals surface area contributed by atoms with E-state index in [-0.39, 0.29) is 23.4 Å². The van der Waals surface area contributed by atoms with Gasteiger partial charge in [0.2, 0.25) is 0 Å². The predicted octanol–water partition coefficient (Wildman–Crippen LogP) is 3.75. The van der Waals surface area contributed by atoms with Crippen molar-refractivity contribution in [3.05, 3.63) is 29.8 Å². The summed E-state index contributed by atoms with van der Waals surface area (Å²) in [6, 6.07) is 7.08. The Hall–Kier alpha value is -1.31. The molecule has 0 fully saturated rings. The molecule has 1 N–H and O–H groups in total. The fraction of sp³-hybridized carbons (Fsp3) is 0.500. The van der Waals surface area contributed by atoms with E-state index in [0.29, 0.717) is 0 Å². The number of aromatic hydroxyl groups is 1. The van der Waals surface area contributed by atoms with Crippen molar-refractivity contribution in [2.24, 2.45) is 5.92 Å². The van der Waals surface area contributed by atoms with Gasteiger partial charge in [0, 0.05) is 5.92 Å². The van der Waals surface area contributed by atoms with Gasteiger partial charge in [-0.2, -0.15) is 0 Å². The lowest BCUT2D eigenvalue weighted by molar-refractivity contribution is -0.120. The Kier molecular flexibility index (Phi) is 6.47. The van der Waals surface area contributed by atoms with Crippen molar-refractivity contribution >= 4 is 5.78 Å². The molecule has 1 aromatic rings. The van der Waals surface area contributed by atoms with Crippen LogP contribution in [0.4, 0.5) is 0 Å². The van der Waals surface area contributed by atoms with E-state index in [0.717, 1.165) is 5.56 Å². The van der Waals surface area contributed by atoms with Crippen molar-refractivity contribution in [2.45, 2.75) is 40.5 Å². The molecule has 0 amide bonds. The van der Waals surface area contributed by atoms with Crippen molar-refractivity contribution < 1.29 is 9.90 Å². The van der Waals surface area contributed by atoms with E-state index in [9.17, 15) is 9.90 Å². The Morgan fingerprint density at radius 1 is 1.25 bits per heavy atom. The van der Waals surface area contributed by atoms with Gasteiger partial charge in [0.15, 0.2) is 0 Å². The average molecular weight is 222 g/mol. The molecule has 2 atom stereocenters. The molecular weight excluding hydrogens is 200 g/mol. The Labute approximate surface area is 98.3 Å². The minimum absolute atomic E-state index is 0.00296. The van der Waals surface area contributed by atoms with E-state index in [2.05, 4.69) is 0 Å². The number of benzene rings is 1. The van der Waals surface area contributed by atoms with Crippen molar-refractivity contribution in [1.82, 2.24) is 0 Å². The molecule has 0 aliphatic carbocycles. The highest BCUT2D eigenvalue weighted by molar-refractivity contribution is 5.78. The monoisotopic (exact) mass is 222 g/mol. The first kappa shape index (κ1) is 14.7. The van der Waals surface area contributed by atoms with Crippen molar-refractivity contribution in [1.29, 1.82) is 0 Å². The van der Waals surface area contributed by atoms with E-state index >= 15 is 0 Å². The summed E-state index contributed by atoms with van der Waals surface area (Å²) in [5, 5.41) is 9.30. The number of ketones is 1. The molecule has 0 radical (unpaired) electrons.